The summed E-state index contributed by atoms with van der Waals surface area (Å²) >= 11 is 0. The van der Waals surface area contributed by atoms with Crippen molar-refractivity contribution in [2.75, 3.05) is 22.1 Å². The smallest absolute Gasteiger partial charge is 0.744 e. The third-order valence-electron chi connectivity index (χ3n) is 9.44. The van der Waals surface area contributed by atoms with Crippen LogP contribution in [-0.4, -0.2) is 49.1 Å². The first-order valence-electron chi connectivity index (χ1n) is 16.7. The molecule has 0 bridgehead atoms. The number of nitrogens with two attached hydrogens (primary N) is 2. The molecular formula is C40H24N4Na2O11S2. The number of benzene rings is 6. The molecule has 0 saturated heterocycles. The average Bonchev–Trinajstić information content (AvgIpc) is 3.17. The van der Waals surface area contributed by atoms with Gasteiger partial charge in [0.15, 0.2) is 23.1 Å². The van der Waals surface area contributed by atoms with E-state index in [2.05, 4.69) is 10.6 Å². The minimum Gasteiger partial charge on any atom is -0.744 e. The van der Waals surface area contributed by atoms with Gasteiger partial charge < -0.3 is 35.9 Å². The molecule has 0 aliphatic heterocycles. The first-order chi connectivity index (χ1) is 27.0. The Morgan fingerprint density at radius 2 is 0.746 bits per heavy atom. The fourth-order valence-corrected chi connectivity index (χ4v) is 8.13. The number of hydrogen-bond acceptors (Lipinski definition) is 15. The molecule has 8 rings (SSSR count). The van der Waals surface area contributed by atoms with Crippen LogP contribution in [0.15, 0.2) is 119 Å². The molecule has 19 heteroatoms. The number of rotatable bonds is 8. The summed E-state index contributed by atoms with van der Waals surface area (Å²) < 4.78 is 78.8. The van der Waals surface area contributed by atoms with Crippen molar-refractivity contribution in [2.24, 2.45) is 0 Å². The molecule has 0 aromatic heterocycles. The molecule has 0 fully saturated rings. The fourth-order valence-electron chi connectivity index (χ4n) is 6.86. The van der Waals surface area contributed by atoms with Crippen molar-refractivity contribution in [1.29, 1.82) is 0 Å². The number of ketones is 4. The van der Waals surface area contributed by atoms with Gasteiger partial charge in [-0.25, -0.2) is 16.8 Å². The molecule has 6 aromatic rings. The molecule has 0 heterocycles. The maximum Gasteiger partial charge on any atom is 1.00 e. The second-order valence-electron chi connectivity index (χ2n) is 12.9. The Hall–Kier alpha value is -5.18. The van der Waals surface area contributed by atoms with E-state index in [1.807, 2.05) is 0 Å². The zero-order valence-corrected chi connectivity index (χ0v) is 36.5. The van der Waals surface area contributed by atoms with Crippen LogP contribution >= 0.6 is 0 Å². The predicted molar refractivity (Wildman–Crippen MR) is 204 cm³/mol. The first-order valence-corrected chi connectivity index (χ1v) is 19.5. The molecule has 284 valence electrons. The summed E-state index contributed by atoms with van der Waals surface area (Å²) in [5.74, 6) is -1.97. The van der Waals surface area contributed by atoms with Crippen LogP contribution in [0.1, 0.15) is 63.7 Å². The molecule has 0 spiro atoms. The van der Waals surface area contributed by atoms with Gasteiger partial charge in [-0.05, 0) is 60.7 Å². The van der Waals surface area contributed by atoms with Gasteiger partial charge in [0, 0.05) is 33.6 Å². The van der Waals surface area contributed by atoms with E-state index in [0.29, 0.717) is 22.9 Å². The van der Waals surface area contributed by atoms with E-state index in [1.54, 1.807) is 12.1 Å². The quantitative estimate of drug-likeness (QED) is 0.0853. The molecule has 2 aliphatic rings. The van der Waals surface area contributed by atoms with Gasteiger partial charge in [-0.15, -0.1) is 0 Å². The van der Waals surface area contributed by atoms with Crippen molar-refractivity contribution in [3.8, 4) is 11.5 Å². The Morgan fingerprint density at radius 1 is 0.458 bits per heavy atom. The van der Waals surface area contributed by atoms with Crippen molar-refractivity contribution >= 4 is 77.5 Å². The molecular weight excluding hydrogens is 823 g/mol. The zero-order valence-electron chi connectivity index (χ0n) is 30.9. The molecule has 15 nitrogen and oxygen atoms in total. The summed E-state index contributed by atoms with van der Waals surface area (Å²) in [4.78, 5) is 52.3. The van der Waals surface area contributed by atoms with E-state index >= 15 is 0 Å². The summed E-state index contributed by atoms with van der Waals surface area (Å²) in [6, 6.07) is 26.1. The van der Waals surface area contributed by atoms with Crippen molar-refractivity contribution in [1.82, 2.24) is 0 Å². The third kappa shape index (κ3) is 7.73. The van der Waals surface area contributed by atoms with Gasteiger partial charge in [0.05, 0.1) is 54.8 Å². The summed E-state index contributed by atoms with van der Waals surface area (Å²) in [7, 11) is -10.3. The van der Waals surface area contributed by atoms with Gasteiger partial charge in [0.25, 0.3) is 0 Å². The van der Waals surface area contributed by atoms with Crippen LogP contribution in [0.25, 0.3) is 0 Å². The summed E-state index contributed by atoms with van der Waals surface area (Å²) in [5, 5.41) is 5.84. The SMILES string of the molecule is Nc1c(S(=O)(=O)[O-])cc(Nc2ccc(Oc3ccc(Nc4cc(S(=O)(=O)[O-])c(N)c5c4C(=O)c4ccccc4C5=O)cc3)cc2)c2c1C(=O)c1ccccc1C2=O.[Na+].[Na+]. The molecule has 59 heavy (non-hydrogen) atoms. The van der Waals surface area contributed by atoms with Crippen molar-refractivity contribution in [2.45, 2.75) is 9.79 Å². The van der Waals surface area contributed by atoms with Crippen LogP contribution in [0.5, 0.6) is 11.5 Å². The fraction of sp³-hybridized carbons (Fsp3) is 0. The van der Waals surface area contributed by atoms with Gasteiger partial charge in [-0.3, -0.25) is 19.2 Å². The van der Waals surface area contributed by atoms with Crippen molar-refractivity contribution in [3.05, 3.63) is 154 Å². The van der Waals surface area contributed by atoms with Crippen molar-refractivity contribution < 1.29 is 109 Å². The minimum absolute atomic E-state index is 0. The largest absolute Gasteiger partial charge is 1.00 e. The number of nitrogens with one attached hydrogen (secondary N) is 2. The van der Waals surface area contributed by atoms with E-state index in [-0.39, 0.29) is 104 Å². The molecule has 0 saturated carbocycles. The van der Waals surface area contributed by atoms with Gasteiger partial charge >= 0.3 is 59.1 Å². The third-order valence-corrected chi connectivity index (χ3v) is 11.2. The normalized spacial score (nSPS) is 12.8. The van der Waals surface area contributed by atoms with Gasteiger partial charge in [-0.1, -0.05) is 48.5 Å². The molecule has 6 aromatic carbocycles. The van der Waals surface area contributed by atoms with Crippen LogP contribution in [0, 0.1) is 0 Å². The Labute approximate surface area is 380 Å². The molecule has 6 N–H and O–H groups in total. The van der Waals surface area contributed by atoms with Crippen LogP contribution < -0.4 is 86.0 Å². The van der Waals surface area contributed by atoms with E-state index in [1.165, 1.54) is 84.9 Å². The molecule has 0 atom stereocenters. The number of anilines is 6. The Balaban J connectivity index is 0.00000293. The van der Waals surface area contributed by atoms with Crippen LogP contribution in [0.2, 0.25) is 0 Å². The second-order valence-corrected chi connectivity index (χ2v) is 15.6. The molecule has 0 unspecified atom stereocenters. The van der Waals surface area contributed by atoms with Crippen molar-refractivity contribution in [3.63, 3.8) is 0 Å². The first kappa shape index (κ1) is 43.4. The standard InChI is InChI=1S/C40H26N4O11S2.2Na/c41-35-29(56(49,50)51)17-27(31-33(35)39(47)25-7-3-1-5-23(25)37(31)45)43-19-9-13-21(14-10-19)55-22-15-11-20(12-16-22)44-28-18-30(57(52,53)54)36(42)34-32(28)38(46)24-6-2-4-8-26(24)40(34)48;;/h1-18,43-44H,41-42H2,(H,49,50,51)(H,52,53,54);;/q;2*+1/p-2. The van der Waals surface area contributed by atoms with Crippen LogP contribution in [0.4, 0.5) is 34.1 Å². The number of nitrogen functional groups attached to an aromatic ring is 2. The molecule has 2 aliphatic carbocycles. The molecule has 0 radical (unpaired) electrons. The minimum atomic E-state index is -5.16. The number of hydrogen-bond donors (Lipinski definition) is 4. The van der Waals surface area contributed by atoms with E-state index < -0.39 is 75.7 Å². The van der Waals surface area contributed by atoms with Gasteiger partial charge in [-0.2, -0.15) is 0 Å². The Morgan fingerprint density at radius 3 is 1.03 bits per heavy atom. The number of ether oxygens (including phenoxy) is 1. The average molecular weight is 847 g/mol. The van der Waals surface area contributed by atoms with E-state index in [0.717, 1.165) is 12.1 Å². The Kier molecular flexibility index (Phi) is 11.9. The zero-order chi connectivity index (χ0) is 40.6. The topological polar surface area (TPSA) is 268 Å². The van der Waals surface area contributed by atoms with Crippen LogP contribution in [0.3, 0.4) is 0 Å². The summed E-state index contributed by atoms with van der Waals surface area (Å²) in [5.41, 5.74) is 10.2. The summed E-state index contributed by atoms with van der Waals surface area (Å²) in [6.07, 6.45) is 0. The van der Waals surface area contributed by atoms with E-state index in [9.17, 15) is 45.1 Å². The monoisotopic (exact) mass is 846 g/mol. The van der Waals surface area contributed by atoms with Crippen LogP contribution in [-0.2, 0) is 20.2 Å². The van der Waals surface area contributed by atoms with Gasteiger partial charge in [0.2, 0.25) is 0 Å². The maximum absolute atomic E-state index is 13.6. The number of fused-ring (bicyclic) bond motifs is 4. The Bertz CT molecular complexity index is 2830. The van der Waals surface area contributed by atoms with Gasteiger partial charge in [0.1, 0.15) is 31.7 Å². The molecule has 0 amide bonds. The predicted octanol–water partition coefficient (Wildman–Crippen LogP) is -0.502. The number of carbonyl (C=O) groups is 4. The second kappa shape index (κ2) is 16.1. The number of carbonyl (C=O) groups excluding carboxylic acids is 4. The maximum atomic E-state index is 13.6. The summed E-state index contributed by atoms with van der Waals surface area (Å²) in [6.45, 7) is 0. The van der Waals surface area contributed by atoms with E-state index in [4.69, 9.17) is 16.2 Å².